The van der Waals surface area contributed by atoms with Gasteiger partial charge in [0.25, 0.3) is 0 Å². The maximum atomic E-state index is 11.4. The lowest BCUT2D eigenvalue weighted by Gasteiger charge is -2.30. The first-order chi connectivity index (χ1) is 10.0. The maximum Gasteiger partial charge on any atom is 0.322 e. The molecule has 1 atom stereocenters. The molecule has 0 aliphatic carbocycles. The molecule has 2 N–H and O–H groups in total. The fourth-order valence-corrected chi connectivity index (χ4v) is 2.74. The number of hydrogen-bond donors (Lipinski definition) is 1. The van der Waals surface area contributed by atoms with E-state index in [2.05, 4.69) is 9.64 Å². The van der Waals surface area contributed by atoms with Crippen LogP contribution in [-0.4, -0.2) is 45.4 Å². The molecule has 2 rings (SSSR count). The van der Waals surface area contributed by atoms with Crippen LogP contribution in [0.5, 0.6) is 0 Å². The van der Waals surface area contributed by atoms with Crippen LogP contribution in [0.15, 0.2) is 12.1 Å². The van der Waals surface area contributed by atoms with Gasteiger partial charge in [0.2, 0.25) is 0 Å². The first kappa shape index (κ1) is 16.1. The summed E-state index contributed by atoms with van der Waals surface area (Å²) in [5.74, 6) is -0.430. The number of nitrogens with two attached hydrogens (primary N) is 1. The molecule has 1 unspecified atom stereocenters. The Kier molecular flexibility index (Phi) is 5.45. The van der Waals surface area contributed by atoms with E-state index in [1.165, 1.54) is 7.11 Å². The Morgan fingerprint density at radius 3 is 2.76 bits per heavy atom. The number of carbonyl (C=O) groups is 1. The zero-order chi connectivity index (χ0) is 15.4. The van der Waals surface area contributed by atoms with Crippen molar-refractivity contribution in [2.24, 2.45) is 5.73 Å². The van der Waals surface area contributed by atoms with E-state index >= 15 is 0 Å². The second-order valence-corrected chi connectivity index (χ2v) is 5.57. The van der Waals surface area contributed by atoms with E-state index in [9.17, 15) is 4.79 Å². The molecule has 0 bridgehead atoms. The average molecular weight is 313 g/mol. The lowest BCUT2D eigenvalue weighted by atomic mass is 10.0. The van der Waals surface area contributed by atoms with E-state index in [0.717, 1.165) is 43.1 Å². The molecule has 1 aromatic rings. The number of methoxy groups -OCH3 is 1. The van der Waals surface area contributed by atoms with E-state index in [4.69, 9.17) is 22.1 Å². The summed E-state index contributed by atoms with van der Waals surface area (Å²) in [5.41, 5.74) is 8.89. The Balaban J connectivity index is 2.18. The number of ether oxygens (including phenoxy) is 2. The van der Waals surface area contributed by atoms with Crippen LogP contribution in [0, 0.1) is 6.92 Å². The molecule has 0 amide bonds. The standard InChI is InChI=1S/C15H21ClN2O3/c1-10-7-11(8-13(17)15(19)20-2)12(16)9-14(10)18-3-5-21-6-4-18/h7,9,13H,3-6,8,17H2,1-2H3. The average Bonchev–Trinajstić information content (AvgIpc) is 2.50. The largest absolute Gasteiger partial charge is 0.468 e. The molecule has 6 heteroatoms. The van der Waals surface area contributed by atoms with Crippen molar-refractivity contribution in [3.63, 3.8) is 0 Å². The lowest BCUT2D eigenvalue weighted by Crippen LogP contribution is -2.36. The Bertz CT molecular complexity index is 516. The summed E-state index contributed by atoms with van der Waals surface area (Å²) in [6, 6.07) is 3.25. The Morgan fingerprint density at radius 2 is 2.14 bits per heavy atom. The monoisotopic (exact) mass is 312 g/mol. The molecular weight excluding hydrogens is 292 g/mol. The van der Waals surface area contributed by atoms with Gasteiger partial charge in [-0.05, 0) is 30.5 Å². The third-order valence-corrected chi connectivity index (χ3v) is 4.01. The van der Waals surface area contributed by atoms with Crippen LogP contribution < -0.4 is 10.6 Å². The number of hydrogen-bond acceptors (Lipinski definition) is 5. The van der Waals surface area contributed by atoms with E-state index in [1.807, 2.05) is 19.1 Å². The highest BCUT2D eigenvalue weighted by molar-refractivity contribution is 6.31. The number of aryl methyl sites for hydroxylation is 1. The van der Waals surface area contributed by atoms with Gasteiger partial charge in [0.15, 0.2) is 0 Å². The molecule has 1 saturated heterocycles. The maximum absolute atomic E-state index is 11.4. The topological polar surface area (TPSA) is 64.8 Å². The van der Waals surface area contributed by atoms with Crippen molar-refractivity contribution in [1.29, 1.82) is 0 Å². The lowest BCUT2D eigenvalue weighted by molar-refractivity contribution is -0.142. The summed E-state index contributed by atoms with van der Waals surface area (Å²) in [7, 11) is 1.33. The van der Waals surface area contributed by atoms with Gasteiger partial charge in [0, 0.05) is 23.8 Å². The molecule has 0 radical (unpaired) electrons. The summed E-state index contributed by atoms with van der Waals surface area (Å²) in [5, 5.41) is 0.626. The number of rotatable bonds is 4. The molecule has 1 aliphatic rings. The van der Waals surface area contributed by atoms with Crippen LogP contribution in [0.3, 0.4) is 0 Å². The normalized spacial score (nSPS) is 16.7. The van der Waals surface area contributed by atoms with Crippen LogP contribution in [0.1, 0.15) is 11.1 Å². The minimum absolute atomic E-state index is 0.371. The van der Waals surface area contributed by atoms with Gasteiger partial charge in [0.05, 0.1) is 20.3 Å². The SMILES string of the molecule is COC(=O)C(N)Cc1cc(C)c(N2CCOCC2)cc1Cl. The zero-order valence-electron chi connectivity index (χ0n) is 12.4. The third-order valence-electron chi connectivity index (χ3n) is 3.66. The summed E-state index contributed by atoms with van der Waals surface area (Å²) >= 11 is 6.35. The van der Waals surface area contributed by atoms with Crippen molar-refractivity contribution < 1.29 is 14.3 Å². The van der Waals surface area contributed by atoms with Crippen molar-refractivity contribution in [2.75, 3.05) is 38.3 Å². The van der Waals surface area contributed by atoms with E-state index in [0.29, 0.717) is 11.4 Å². The molecule has 0 spiro atoms. The van der Waals surface area contributed by atoms with Gasteiger partial charge in [-0.2, -0.15) is 0 Å². The number of halogens is 1. The number of benzene rings is 1. The van der Waals surface area contributed by atoms with Gasteiger partial charge in [-0.3, -0.25) is 4.79 Å². The molecule has 116 valence electrons. The molecule has 0 aromatic heterocycles. The van der Waals surface area contributed by atoms with E-state index in [1.54, 1.807) is 0 Å². The quantitative estimate of drug-likeness (QED) is 0.854. The summed E-state index contributed by atoms with van der Waals surface area (Å²) in [6.45, 7) is 5.21. The zero-order valence-corrected chi connectivity index (χ0v) is 13.2. The summed E-state index contributed by atoms with van der Waals surface area (Å²) < 4.78 is 10.0. The predicted octanol–water partition coefficient (Wildman–Crippen LogP) is 1.53. The minimum atomic E-state index is -0.693. The highest BCUT2D eigenvalue weighted by Gasteiger charge is 2.19. The van der Waals surface area contributed by atoms with E-state index in [-0.39, 0.29) is 0 Å². The molecule has 0 saturated carbocycles. The molecule has 1 aromatic carbocycles. The highest BCUT2D eigenvalue weighted by Crippen LogP contribution is 2.29. The summed E-state index contributed by atoms with van der Waals surface area (Å²) in [4.78, 5) is 13.7. The van der Waals surface area contributed by atoms with Crippen molar-refractivity contribution in [2.45, 2.75) is 19.4 Å². The van der Waals surface area contributed by atoms with Gasteiger partial charge in [-0.1, -0.05) is 17.7 Å². The molecule has 1 aliphatic heterocycles. The van der Waals surface area contributed by atoms with Gasteiger partial charge in [0.1, 0.15) is 6.04 Å². The number of esters is 1. The van der Waals surface area contributed by atoms with Gasteiger partial charge >= 0.3 is 5.97 Å². The smallest absolute Gasteiger partial charge is 0.322 e. The van der Waals surface area contributed by atoms with Gasteiger partial charge < -0.3 is 20.1 Å². The van der Waals surface area contributed by atoms with E-state index < -0.39 is 12.0 Å². The molecular formula is C15H21ClN2O3. The van der Waals surface area contributed by atoms with Gasteiger partial charge in [-0.25, -0.2) is 0 Å². The second kappa shape index (κ2) is 7.11. The molecule has 5 nitrogen and oxygen atoms in total. The van der Waals surface area contributed by atoms with Crippen LogP contribution in [0.4, 0.5) is 5.69 Å². The number of morpholine rings is 1. The molecule has 1 fully saturated rings. The van der Waals surface area contributed by atoms with Crippen LogP contribution in [-0.2, 0) is 20.7 Å². The van der Waals surface area contributed by atoms with Crippen molar-refractivity contribution in [1.82, 2.24) is 0 Å². The Hall–Kier alpha value is -1.30. The van der Waals surface area contributed by atoms with Crippen LogP contribution >= 0.6 is 11.6 Å². The fourth-order valence-electron chi connectivity index (χ4n) is 2.50. The number of carbonyl (C=O) groups excluding carboxylic acids is 1. The van der Waals surface area contributed by atoms with Crippen molar-refractivity contribution in [3.8, 4) is 0 Å². The first-order valence-corrected chi connectivity index (χ1v) is 7.36. The Morgan fingerprint density at radius 1 is 1.48 bits per heavy atom. The summed E-state index contributed by atoms with van der Waals surface area (Å²) in [6.07, 6.45) is 0.371. The van der Waals surface area contributed by atoms with Crippen molar-refractivity contribution >= 4 is 23.3 Å². The van der Waals surface area contributed by atoms with Crippen molar-refractivity contribution in [3.05, 3.63) is 28.3 Å². The molecule has 21 heavy (non-hydrogen) atoms. The third kappa shape index (κ3) is 3.87. The number of nitrogens with zero attached hydrogens (tertiary/aromatic N) is 1. The fraction of sp³-hybridized carbons (Fsp3) is 0.533. The second-order valence-electron chi connectivity index (χ2n) is 5.16. The van der Waals surface area contributed by atoms with Crippen LogP contribution in [0.2, 0.25) is 5.02 Å². The number of anilines is 1. The minimum Gasteiger partial charge on any atom is -0.468 e. The van der Waals surface area contributed by atoms with Gasteiger partial charge in [-0.15, -0.1) is 0 Å². The highest BCUT2D eigenvalue weighted by atomic mass is 35.5. The van der Waals surface area contributed by atoms with Crippen LogP contribution in [0.25, 0.3) is 0 Å². The Labute approximate surface area is 130 Å². The first-order valence-electron chi connectivity index (χ1n) is 6.98. The molecule has 1 heterocycles. The predicted molar refractivity (Wildman–Crippen MR) is 82.9 cm³/mol.